The molecule has 1 aromatic heterocycles. The van der Waals surface area contributed by atoms with Gasteiger partial charge in [-0.2, -0.15) is 5.26 Å². The average molecular weight is 529 g/mol. The van der Waals surface area contributed by atoms with E-state index < -0.39 is 11.8 Å². The number of anilines is 1. The Kier molecular flexibility index (Phi) is 8.56. The van der Waals surface area contributed by atoms with Crippen LogP contribution in [0.4, 0.5) is 5.69 Å². The van der Waals surface area contributed by atoms with Crippen LogP contribution in [0, 0.1) is 18.3 Å². The minimum atomic E-state index is -0.750. The van der Waals surface area contributed by atoms with Gasteiger partial charge in [0, 0.05) is 12.2 Å². The number of benzene rings is 2. The fourth-order valence-corrected chi connectivity index (χ4v) is 5.07. The van der Waals surface area contributed by atoms with Crippen molar-refractivity contribution in [3.05, 3.63) is 106 Å². The predicted octanol–water partition coefficient (Wildman–Crippen LogP) is 4.98. The third-order valence-corrected chi connectivity index (χ3v) is 6.99. The van der Waals surface area contributed by atoms with Gasteiger partial charge in [0.05, 0.1) is 46.7 Å². The summed E-state index contributed by atoms with van der Waals surface area (Å²) in [6, 6.07) is 22.5. The highest BCUT2D eigenvalue weighted by atomic mass is 32.2. The molecule has 0 saturated carbocycles. The molecule has 3 aromatic rings. The van der Waals surface area contributed by atoms with E-state index in [-0.39, 0.29) is 11.7 Å². The fourth-order valence-electron chi connectivity index (χ4n) is 4.14. The molecule has 9 heteroatoms. The predicted molar refractivity (Wildman–Crippen MR) is 147 cm³/mol. The second kappa shape index (κ2) is 12.2. The van der Waals surface area contributed by atoms with Crippen LogP contribution < -0.4 is 20.7 Å². The summed E-state index contributed by atoms with van der Waals surface area (Å²) < 4.78 is 11.3. The van der Waals surface area contributed by atoms with Gasteiger partial charge in [0.25, 0.3) is 5.91 Å². The van der Waals surface area contributed by atoms with Gasteiger partial charge in [0.2, 0.25) is 5.91 Å². The van der Waals surface area contributed by atoms with Gasteiger partial charge in [-0.05, 0) is 43.7 Å². The van der Waals surface area contributed by atoms with E-state index in [9.17, 15) is 14.9 Å². The van der Waals surface area contributed by atoms with Crippen LogP contribution in [0.25, 0.3) is 0 Å². The highest BCUT2D eigenvalue weighted by molar-refractivity contribution is 8.03. The van der Waals surface area contributed by atoms with Crippen molar-refractivity contribution >= 4 is 29.3 Å². The lowest BCUT2D eigenvalue weighted by molar-refractivity contribution is -0.118. The van der Waals surface area contributed by atoms with Crippen molar-refractivity contribution in [1.29, 1.82) is 5.26 Å². The molecule has 1 aliphatic rings. The second-order valence-corrected chi connectivity index (χ2v) is 9.59. The van der Waals surface area contributed by atoms with Crippen molar-refractivity contribution in [1.82, 2.24) is 10.6 Å². The second-order valence-electron chi connectivity index (χ2n) is 8.61. The summed E-state index contributed by atoms with van der Waals surface area (Å²) in [4.78, 5) is 26.1. The van der Waals surface area contributed by atoms with E-state index in [2.05, 4.69) is 22.0 Å². The highest BCUT2D eigenvalue weighted by Gasteiger charge is 2.37. The van der Waals surface area contributed by atoms with Gasteiger partial charge in [0.15, 0.2) is 0 Å². The van der Waals surface area contributed by atoms with E-state index in [4.69, 9.17) is 9.15 Å². The summed E-state index contributed by atoms with van der Waals surface area (Å²) in [5.74, 6) is 0.430. The van der Waals surface area contributed by atoms with E-state index in [1.165, 1.54) is 18.9 Å². The number of methoxy groups -OCH3 is 1. The van der Waals surface area contributed by atoms with E-state index >= 15 is 0 Å². The number of nitrogens with one attached hydrogen (secondary N) is 3. The van der Waals surface area contributed by atoms with Crippen molar-refractivity contribution in [2.75, 3.05) is 18.2 Å². The number of rotatable bonds is 9. The van der Waals surface area contributed by atoms with E-state index in [1.54, 1.807) is 44.2 Å². The highest BCUT2D eigenvalue weighted by Crippen LogP contribution is 2.41. The first kappa shape index (κ1) is 26.6. The number of carbonyl (C=O) groups is 2. The third-order valence-electron chi connectivity index (χ3n) is 5.97. The zero-order chi connectivity index (χ0) is 27.1. The number of hydrogen-bond acceptors (Lipinski definition) is 7. The summed E-state index contributed by atoms with van der Waals surface area (Å²) in [6.07, 6.45) is 0. The molecule has 0 spiro atoms. The van der Waals surface area contributed by atoms with Gasteiger partial charge in [-0.25, -0.2) is 0 Å². The molecule has 0 bridgehead atoms. The number of nitrogens with zero attached hydrogens (tertiary/aromatic N) is 1. The Labute approximate surface area is 225 Å². The van der Waals surface area contributed by atoms with Crippen LogP contribution >= 0.6 is 11.8 Å². The Morgan fingerprint density at radius 1 is 1.08 bits per heavy atom. The number of thioether (sulfide) groups is 1. The van der Waals surface area contributed by atoms with Gasteiger partial charge >= 0.3 is 0 Å². The zero-order valence-corrected chi connectivity index (χ0v) is 22.1. The summed E-state index contributed by atoms with van der Waals surface area (Å²) >= 11 is 1.21. The molecule has 0 radical (unpaired) electrons. The van der Waals surface area contributed by atoms with Crippen molar-refractivity contribution in [2.24, 2.45) is 0 Å². The molecule has 0 aliphatic carbocycles. The molecule has 38 heavy (non-hydrogen) atoms. The number of allylic oxidation sites excluding steroid dienone is 2. The maximum absolute atomic E-state index is 13.6. The molecule has 4 rings (SSSR count). The van der Waals surface area contributed by atoms with Gasteiger partial charge in [-0.3, -0.25) is 9.59 Å². The minimum absolute atomic E-state index is 0.0975. The average Bonchev–Trinajstić information content (AvgIpc) is 3.36. The number of amides is 2. The van der Waals surface area contributed by atoms with Gasteiger partial charge < -0.3 is 25.1 Å². The summed E-state index contributed by atoms with van der Waals surface area (Å²) in [5, 5.41) is 19.7. The zero-order valence-electron chi connectivity index (χ0n) is 21.3. The number of carbonyl (C=O) groups excluding carboxylic acids is 2. The van der Waals surface area contributed by atoms with Crippen LogP contribution in [0.15, 0.2) is 93.0 Å². The Morgan fingerprint density at radius 2 is 1.82 bits per heavy atom. The fraction of sp³-hybridized carbons (Fsp3) is 0.207. The Bertz CT molecular complexity index is 1440. The molecule has 3 N–H and O–H groups in total. The molecule has 2 aromatic carbocycles. The maximum atomic E-state index is 13.6. The quantitative estimate of drug-likeness (QED) is 0.359. The van der Waals surface area contributed by atoms with Crippen molar-refractivity contribution in [3.8, 4) is 11.8 Å². The minimum Gasteiger partial charge on any atom is -0.495 e. The van der Waals surface area contributed by atoms with Crippen molar-refractivity contribution in [2.45, 2.75) is 26.3 Å². The summed E-state index contributed by atoms with van der Waals surface area (Å²) in [6.45, 7) is 3.99. The van der Waals surface area contributed by atoms with Crippen LogP contribution in [0.5, 0.6) is 5.75 Å². The van der Waals surface area contributed by atoms with Crippen LogP contribution in [0.1, 0.15) is 29.9 Å². The molecule has 2 heterocycles. The van der Waals surface area contributed by atoms with E-state index in [1.807, 2.05) is 36.4 Å². The molecule has 0 fully saturated rings. The summed E-state index contributed by atoms with van der Waals surface area (Å²) in [5.41, 5.74) is 2.71. The monoisotopic (exact) mass is 528 g/mol. The number of para-hydroxylation sites is 2. The number of aryl methyl sites for hydroxylation is 1. The normalized spacial score (nSPS) is 14.9. The number of ether oxygens (including phenoxy) is 1. The van der Waals surface area contributed by atoms with Crippen molar-refractivity contribution in [3.63, 3.8) is 0 Å². The Balaban J connectivity index is 1.58. The molecular formula is C29H28N4O4S. The molecule has 1 aliphatic heterocycles. The van der Waals surface area contributed by atoms with Crippen LogP contribution in [-0.2, 0) is 16.1 Å². The van der Waals surface area contributed by atoms with Crippen molar-refractivity contribution < 1.29 is 18.7 Å². The van der Waals surface area contributed by atoms with E-state index in [0.29, 0.717) is 51.4 Å². The van der Waals surface area contributed by atoms with E-state index in [0.717, 1.165) is 5.56 Å². The standard InChI is InChI=1S/C29H28N4O4S/c1-18-13-14-24(37-18)27-21(15-30)29(38-17-25(34)31-16-20-9-5-4-6-10-20)32-19(2)26(27)28(35)33-22-11-7-8-12-23(22)36-3/h4-14,27,32H,16-17H2,1-3H3,(H,31,34)(H,33,35)/t27-/m1/s1. The Morgan fingerprint density at radius 3 is 2.50 bits per heavy atom. The maximum Gasteiger partial charge on any atom is 0.254 e. The molecule has 0 unspecified atom stereocenters. The topological polar surface area (TPSA) is 116 Å². The van der Waals surface area contributed by atoms with Crippen LogP contribution in [0.2, 0.25) is 0 Å². The first-order valence-corrected chi connectivity index (χ1v) is 13.0. The number of hydrogen-bond donors (Lipinski definition) is 3. The molecule has 2 amide bonds. The smallest absolute Gasteiger partial charge is 0.254 e. The van der Waals surface area contributed by atoms with Gasteiger partial charge in [-0.1, -0.05) is 54.2 Å². The molecule has 0 saturated heterocycles. The largest absolute Gasteiger partial charge is 0.495 e. The third kappa shape index (κ3) is 6.10. The molecule has 194 valence electrons. The molecule has 8 nitrogen and oxygen atoms in total. The molecular weight excluding hydrogens is 500 g/mol. The first-order valence-electron chi connectivity index (χ1n) is 12.0. The van der Waals surface area contributed by atoms with Gasteiger partial charge in [-0.15, -0.1) is 0 Å². The SMILES string of the molecule is COc1ccccc1NC(=O)C1=C(C)NC(SCC(=O)NCc2ccccc2)=C(C#N)[C@@H]1c1ccc(C)o1. The molecule has 1 atom stereocenters. The lowest BCUT2D eigenvalue weighted by atomic mass is 9.85. The van der Waals surface area contributed by atoms with Crippen LogP contribution in [-0.4, -0.2) is 24.7 Å². The Hall–Kier alpha value is -4.42. The lowest BCUT2D eigenvalue weighted by Crippen LogP contribution is -2.31. The first-order chi connectivity index (χ1) is 18.4. The number of furan rings is 1. The number of dihydropyridines is 1. The number of nitriles is 1. The van der Waals surface area contributed by atoms with Gasteiger partial charge in [0.1, 0.15) is 17.3 Å². The summed E-state index contributed by atoms with van der Waals surface area (Å²) in [7, 11) is 1.53. The van der Waals surface area contributed by atoms with Crippen LogP contribution in [0.3, 0.4) is 0 Å². The lowest BCUT2D eigenvalue weighted by Gasteiger charge is -2.28.